The highest BCUT2D eigenvalue weighted by Crippen LogP contribution is 2.08. The molecule has 2 heterocycles. The molecule has 1 aliphatic rings. The van der Waals surface area contributed by atoms with Crippen molar-refractivity contribution in [2.75, 3.05) is 0 Å². The van der Waals surface area contributed by atoms with Crippen molar-refractivity contribution >= 4 is 11.9 Å². The van der Waals surface area contributed by atoms with Gasteiger partial charge in [-0.2, -0.15) is 0 Å². The summed E-state index contributed by atoms with van der Waals surface area (Å²) in [6, 6.07) is -0.901. The third kappa shape index (κ3) is 3.04. The molecule has 1 saturated heterocycles. The summed E-state index contributed by atoms with van der Waals surface area (Å²) in [5.74, 6) is -1.01. The molecule has 18 heavy (non-hydrogen) atoms. The lowest BCUT2D eigenvalue weighted by Crippen LogP contribution is -2.32. The third-order valence-electron chi connectivity index (χ3n) is 2.82. The molecule has 0 aromatic carbocycles. The van der Waals surface area contributed by atoms with Crippen LogP contribution in [-0.2, 0) is 22.6 Å². The fourth-order valence-corrected chi connectivity index (χ4v) is 1.87. The standard InChI is InChI=1S/C10H15N5O3/c11-8(10(17)18)3-7-5-15(14-13-7)4-6-1-2-9(16)12-6/h5-6,8H,1-4,11H2,(H,12,16)(H,17,18). The number of nitrogens with one attached hydrogen (secondary N) is 1. The van der Waals surface area contributed by atoms with Gasteiger partial charge in [0.05, 0.1) is 12.2 Å². The van der Waals surface area contributed by atoms with Crippen molar-refractivity contribution in [3.63, 3.8) is 0 Å². The van der Waals surface area contributed by atoms with E-state index >= 15 is 0 Å². The predicted octanol–water partition coefficient (Wildman–Crippen LogP) is -1.49. The fraction of sp³-hybridized carbons (Fsp3) is 0.600. The Morgan fingerprint density at radius 3 is 3.11 bits per heavy atom. The van der Waals surface area contributed by atoms with Gasteiger partial charge < -0.3 is 16.2 Å². The van der Waals surface area contributed by atoms with Crippen molar-refractivity contribution in [1.82, 2.24) is 20.3 Å². The smallest absolute Gasteiger partial charge is 0.320 e. The van der Waals surface area contributed by atoms with Gasteiger partial charge in [-0.05, 0) is 6.42 Å². The molecule has 8 heteroatoms. The van der Waals surface area contributed by atoms with Gasteiger partial charge in [-0.1, -0.05) is 5.21 Å². The van der Waals surface area contributed by atoms with Crippen LogP contribution in [0, 0.1) is 0 Å². The maximum Gasteiger partial charge on any atom is 0.320 e. The van der Waals surface area contributed by atoms with Crippen molar-refractivity contribution in [3.8, 4) is 0 Å². The van der Waals surface area contributed by atoms with Gasteiger partial charge in [-0.25, -0.2) is 0 Å². The zero-order chi connectivity index (χ0) is 13.1. The van der Waals surface area contributed by atoms with Crippen molar-refractivity contribution in [1.29, 1.82) is 0 Å². The number of hydrogen-bond acceptors (Lipinski definition) is 5. The van der Waals surface area contributed by atoms with E-state index in [2.05, 4.69) is 15.6 Å². The van der Waals surface area contributed by atoms with E-state index in [1.807, 2.05) is 0 Å². The van der Waals surface area contributed by atoms with Crippen molar-refractivity contribution in [2.24, 2.45) is 5.73 Å². The number of carbonyl (C=O) groups excluding carboxylic acids is 1. The molecule has 8 nitrogen and oxygen atoms in total. The van der Waals surface area contributed by atoms with Gasteiger partial charge in [0.2, 0.25) is 5.91 Å². The molecule has 98 valence electrons. The van der Waals surface area contributed by atoms with Gasteiger partial charge >= 0.3 is 5.97 Å². The lowest BCUT2D eigenvalue weighted by Gasteiger charge is -2.08. The van der Waals surface area contributed by atoms with E-state index in [1.54, 1.807) is 10.9 Å². The Bertz CT molecular complexity index is 458. The second-order valence-electron chi connectivity index (χ2n) is 4.38. The van der Waals surface area contributed by atoms with E-state index in [9.17, 15) is 9.59 Å². The fourth-order valence-electron chi connectivity index (χ4n) is 1.87. The van der Waals surface area contributed by atoms with Gasteiger partial charge in [-0.3, -0.25) is 14.3 Å². The Balaban J connectivity index is 1.90. The highest BCUT2D eigenvalue weighted by atomic mass is 16.4. The Kier molecular flexibility index (Phi) is 3.56. The number of nitrogens with zero attached hydrogens (tertiary/aromatic N) is 3. The van der Waals surface area contributed by atoms with Crippen molar-refractivity contribution in [2.45, 2.75) is 37.9 Å². The Hall–Kier alpha value is -1.96. The number of nitrogens with two attached hydrogens (primary N) is 1. The van der Waals surface area contributed by atoms with Crippen LogP contribution in [-0.4, -0.2) is 44.1 Å². The van der Waals surface area contributed by atoms with Gasteiger partial charge in [0.25, 0.3) is 0 Å². The minimum absolute atomic E-state index is 0.0493. The van der Waals surface area contributed by atoms with E-state index in [0.29, 0.717) is 18.7 Å². The summed E-state index contributed by atoms with van der Waals surface area (Å²) in [5.41, 5.74) is 5.94. The second kappa shape index (κ2) is 5.13. The summed E-state index contributed by atoms with van der Waals surface area (Å²) in [4.78, 5) is 21.6. The summed E-state index contributed by atoms with van der Waals surface area (Å²) < 4.78 is 1.60. The molecule has 4 N–H and O–H groups in total. The molecule has 0 aliphatic carbocycles. The first kappa shape index (κ1) is 12.5. The van der Waals surface area contributed by atoms with Gasteiger partial charge in [0.1, 0.15) is 6.04 Å². The molecule has 1 amide bonds. The minimum Gasteiger partial charge on any atom is -0.480 e. The average Bonchev–Trinajstić information content (AvgIpc) is 2.89. The molecular formula is C10H15N5O3. The summed E-state index contributed by atoms with van der Waals surface area (Å²) in [6.07, 6.45) is 3.12. The highest BCUT2D eigenvalue weighted by Gasteiger charge is 2.21. The summed E-state index contributed by atoms with van der Waals surface area (Å²) in [6.45, 7) is 0.543. The summed E-state index contributed by atoms with van der Waals surface area (Å²) in [7, 11) is 0. The molecule has 0 radical (unpaired) electrons. The van der Waals surface area contributed by atoms with E-state index < -0.39 is 12.0 Å². The van der Waals surface area contributed by atoms with Gasteiger partial charge in [0, 0.05) is 25.1 Å². The van der Waals surface area contributed by atoms with Gasteiger partial charge in [-0.15, -0.1) is 5.10 Å². The Labute approximate surface area is 103 Å². The van der Waals surface area contributed by atoms with Crippen LogP contribution in [0.25, 0.3) is 0 Å². The lowest BCUT2D eigenvalue weighted by atomic mass is 10.2. The lowest BCUT2D eigenvalue weighted by molar-refractivity contribution is -0.138. The number of carboxylic acids is 1. The summed E-state index contributed by atoms with van der Waals surface area (Å²) >= 11 is 0. The van der Waals surface area contributed by atoms with Crippen LogP contribution in [0.3, 0.4) is 0 Å². The molecule has 1 aliphatic heterocycles. The Morgan fingerprint density at radius 2 is 2.50 bits per heavy atom. The van der Waals surface area contributed by atoms with E-state index in [0.717, 1.165) is 6.42 Å². The Morgan fingerprint density at radius 1 is 1.72 bits per heavy atom. The summed E-state index contributed by atoms with van der Waals surface area (Å²) in [5, 5.41) is 19.2. The SMILES string of the molecule is NC(Cc1cn(CC2CCC(=O)N2)nn1)C(=O)O. The van der Waals surface area contributed by atoms with E-state index in [1.165, 1.54) is 0 Å². The first-order valence-electron chi connectivity index (χ1n) is 5.71. The van der Waals surface area contributed by atoms with E-state index in [4.69, 9.17) is 10.8 Å². The zero-order valence-corrected chi connectivity index (χ0v) is 9.74. The first-order valence-corrected chi connectivity index (χ1v) is 5.71. The number of hydrogen-bond donors (Lipinski definition) is 3. The molecule has 1 aromatic heterocycles. The highest BCUT2D eigenvalue weighted by molar-refractivity contribution is 5.78. The van der Waals surface area contributed by atoms with Crippen LogP contribution < -0.4 is 11.1 Å². The van der Waals surface area contributed by atoms with Crippen LogP contribution in [0.5, 0.6) is 0 Å². The largest absolute Gasteiger partial charge is 0.480 e. The monoisotopic (exact) mass is 253 g/mol. The first-order chi connectivity index (χ1) is 8.54. The number of aliphatic carboxylic acids is 1. The molecule has 0 bridgehead atoms. The molecular weight excluding hydrogens is 238 g/mol. The number of aromatic nitrogens is 3. The molecule has 2 atom stereocenters. The quantitative estimate of drug-likeness (QED) is 0.587. The second-order valence-corrected chi connectivity index (χ2v) is 4.38. The van der Waals surface area contributed by atoms with Crippen molar-refractivity contribution in [3.05, 3.63) is 11.9 Å². The number of carboxylic acid groups (broad SMARTS) is 1. The number of amides is 1. The van der Waals surface area contributed by atoms with Crippen LogP contribution in [0.15, 0.2) is 6.20 Å². The van der Waals surface area contributed by atoms with Crippen molar-refractivity contribution < 1.29 is 14.7 Å². The molecule has 1 aromatic rings. The van der Waals surface area contributed by atoms with Gasteiger partial charge in [0.15, 0.2) is 0 Å². The van der Waals surface area contributed by atoms with Crippen LogP contribution in [0.1, 0.15) is 18.5 Å². The van der Waals surface area contributed by atoms with E-state index in [-0.39, 0.29) is 18.4 Å². The number of carbonyl (C=O) groups is 2. The normalized spacial score (nSPS) is 20.7. The number of rotatable bonds is 5. The van der Waals surface area contributed by atoms with Crippen LogP contribution >= 0.6 is 0 Å². The molecule has 0 saturated carbocycles. The average molecular weight is 253 g/mol. The predicted molar refractivity (Wildman–Crippen MR) is 60.5 cm³/mol. The maximum absolute atomic E-state index is 11.0. The maximum atomic E-state index is 11.0. The zero-order valence-electron chi connectivity index (χ0n) is 9.74. The molecule has 1 fully saturated rings. The molecule has 0 spiro atoms. The topological polar surface area (TPSA) is 123 Å². The minimum atomic E-state index is -1.06. The van der Waals surface area contributed by atoms with Crippen LogP contribution in [0.4, 0.5) is 0 Å². The van der Waals surface area contributed by atoms with Crippen LogP contribution in [0.2, 0.25) is 0 Å². The molecule has 2 unspecified atom stereocenters. The third-order valence-corrected chi connectivity index (χ3v) is 2.82. The molecule has 2 rings (SSSR count).